The van der Waals surface area contributed by atoms with Crippen molar-refractivity contribution in [1.82, 2.24) is 5.32 Å². The first-order chi connectivity index (χ1) is 14.9. The Morgan fingerprint density at radius 3 is 2.50 bits per heavy atom. The van der Waals surface area contributed by atoms with Crippen LogP contribution in [-0.4, -0.2) is 22.5 Å². The molecule has 164 valence electrons. The van der Waals surface area contributed by atoms with Crippen LogP contribution in [0.15, 0.2) is 30.3 Å². The molecule has 1 saturated heterocycles. The quantitative estimate of drug-likeness (QED) is 0.542. The molecule has 32 heavy (non-hydrogen) atoms. The van der Waals surface area contributed by atoms with E-state index in [1.54, 1.807) is 0 Å². The summed E-state index contributed by atoms with van der Waals surface area (Å²) >= 11 is 5.45. The van der Waals surface area contributed by atoms with E-state index in [1.807, 2.05) is 0 Å². The third-order valence-electron chi connectivity index (χ3n) is 5.48. The zero-order valence-electron chi connectivity index (χ0n) is 16.7. The van der Waals surface area contributed by atoms with Crippen LogP contribution in [0.2, 0.25) is 0 Å². The zero-order valence-corrected chi connectivity index (χ0v) is 17.5. The molecule has 0 aromatic heterocycles. The van der Waals surface area contributed by atoms with E-state index in [2.05, 4.69) is 5.32 Å². The van der Waals surface area contributed by atoms with Gasteiger partial charge >= 0.3 is 6.18 Å². The van der Waals surface area contributed by atoms with Crippen LogP contribution in [0.3, 0.4) is 0 Å². The molecule has 0 spiro atoms. The number of alkyl halides is 3. The predicted octanol–water partition coefficient (Wildman–Crippen LogP) is 3.88. The number of halogens is 4. The van der Waals surface area contributed by atoms with E-state index in [1.165, 1.54) is 36.9 Å². The van der Waals surface area contributed by atoms with Gasteiger partial charge in [-0.3, -0.25) is 14.5 Å². The summed E-state index contributed by atoms with van der Waals surface area (Å²) in [4.78, 5) is 27.9. The van der Waals surface area contributed by atoms with Gasteiger partial charge < -0.3 is 10.2 Å². The largest absolute Gasteiger partial charge is 0.417 e. The predicted molar refractivity (Wildman–Crippen MR) is 110 cm³/mol. The highest BCUT2D eigenvalue weighted by atomic mass is 32.1. The van der Waals surface area contributed by atoms with Gasteiger partial charge in [-0.15, -0.1) is 0 Å². The molecule has 2 aliphatic heterocycles. The van der Waals surface area contributed by atoms with Gasteiger partial charge in [-0.05, 0) is 56.4 Å². The highest BCUT2D eigenvalue weighted by Gasteiger charge is 2.52. The number of thiocarbonyl (C=S) groups is 1. The fourth-order valence-corrected chi connectivity index (χ4v) is 4.42. The average molecular weight is 462 g/mol. The summed E-state index contributed by atoms with van der Waals surface area (Å²) in [5, 5.41) is 11.4. The van der Waals surface area contributed by atoms with Crippen LogP contribution in [-0.2, 0) is 17.5 Å². The number of hydrogen-bond acceptors (Lipinski definition) is 4. The topological polar surface area (TPSA) is 76.4 Å². The summed E-state index contributed by atoms with van der Waals surface area (Å²) < 4.78 is 54.5. The zero-order chi connectivity index (χ0) is 23.6. The number of benzene rings is 2. The molecule has 0 radical (unpaired) electrons. The molecule has 2 aliphatic rings. The van der Waals surface area contributed by atoms with Gasteiger partial charge in [-0.25, -0.2) is 4.39 Å². The molecule has 11 heteroatoms. The maximum absolute atomic E-state index is 14.2. The first kappa shape index (κ1) is 21.7. The lowest BCUT2D eigenvalue weighted by Crippen LogP contribution is -2.45. The second kappa shape index (κ2) is 7.00. The number of rotatable bonds is 2. The van der Waals surface area contributed by atoms with Gasteiger partial charge in [-0.1, -0.05) is 0 Å². The van der Waals surface area contributed by atoms with Crippen LogP contribution in [0, 0.1) is 17.1 Å². The standard InChI is InChI=1S/C21H14F4N4O2S/c1-20(2)18(31)28(11-4-3-10(8-26)13(7-11)21(23,24)25)19(32)29(20)15-6-5-14(22)12-9-27-17(30)16(12)15/h3-7H,9H2,1-2H3,(H,27,30). The lowest BCUT2D eigenvalue weighted by atomic mass is 9.99. The van der Waals surface area contributed by atoms with E-state index in [9.17, 15) is 27.2 Å². The Kier molecular flexibility index (Phi) is 4.74. The van der Waals surface area contributed by atoms with Crippen molar-refractivity contribution in [2.75, 3.05) is 9.80 Å². The molecule has 6 nitrogen and oxygen atoms in total. The number of nitrogens with one attached hydrogen (secondary N) is 1. The number of anilines is 2. The highest BCUT2D eigenvalue weighted by molar-refractivity contribution is 7.81. The molecule has 2 heterocycles. The number of nitrogens with zero attached hydrogens (tertiary/aromatic N) is 3. The maximum Gasteiger partial charge on any atom is 0.417 e. The Morgan fingerprint density at radius 1 is 1.19 bits per heavy atom. The summed E-state index contributed by atoms with van der Waals surface area (Å²) in [6.45, 7) is 2.97. The Labute approximate surface area is 185 Å². The van der Waals surface area contributed by atoms with E-state index in [-0.39, 0.29) is 34.2 Å². The third-order valence-corrected chi connectivity index (χ3v) is 5.85. The SMILES string of the molecule is CC1(C)C(=O)N(c2ccc(C#N)c(C(F)(F)F)c2)C(=S)N1c1ccc(F)c2c1C(=O)NC2. The summed E-state index contributed by atoms with van der Waals surface area (Å²) in [7, 11) is 0. The molecule has 2 amide bonds. The van der Waals surface area contributed by atoms with Crippen LogP contribution in [0.4, 0.5) is 28.9 Å². The molecule has 0 atom stereocenters. The number of fused-ring (bicyclic) bond motifs is 1. The second-order valence-corrected chi connectivity index (χ2v) is 8.12. The van der Waals surface area contributed by atoms with Crippen molar-refractivity contribution in [3.8, 4) is 6.07 Å². The highest BCUT2D eigenvalue weighted by Crippen LogP contribution is 2.41. The smallest absolute Gasteiger partial charge is 0.348 e. The summed E-state index contributed by atoms with van der Waals surface area (Å²) in [6.07, 6.45) is -4.82. The monoisotopic (exact) mass is 462 g/mol. The molecule has 0 aliphatic carbocycles. The minimum Gasteiger partial charge on any atom is -0.348 e. The molecular formula is C21H14F4N4O2S. The van der Waals surface area contributed by atoms with Crippen molar-refractivity contribution in [3.63, 3.8) is 0 Å². The van der Waals surface area contributed by atoms with Gasteiger partial charge in [0.2, 0.25) is 0 Å². The van der Waals surface area contributed by atoms with Crippen LogP contribution >= 0.6 is 12.2 Å². The third kappa shape index (κ3) is 3.02. The van der Waals surface area contributed by atoms with Gasteiger partial charge in [0.15, 0.2) is 5.11 Å². The van der Waals surface area contributed by atoms with Crippen molar-refractivity contribution >= 4 is 40.5 Å². The van der Waals surface area contributed by atoms with Crippen LogP contribution in [0.25, 0.3) is 0 Å². The normalized spacial score (nSPS) is 17.5. The second-order valence-electron chi connectivity index (χ2n) is 7.76. The average Bonchev–Trinajstić information content (AvgIpc) is 3.18. The van der Waals surface area contributed by atoms with Crippen LogP contribution in [0.5, 0.6) is 0 Å². The van der Waals surface area contributed by atoms with Crippen molar-refractivity contribution in [2.45, 2.75) is 32.1 Å². The molecule has 0 bridgehead atoms. The molecule has 1 fully saturated rings. The lowest BCUT2D eigenvalue weighted by Gasteiger charge is -2.30. The minimum atomic E-state index is -4.82. The van der Waals surface area contributed by atoms with Gasteiger partial charge in [-0.2, -0.15) is 18.4 Å². The maximum atomic E-state index is 14.2. The first-order valence-electron chi connectivity index (χ1n) is 9.29. The van der Waals surface area contributed by atoms with E-state index in [0.717, 1.165) is 17.0 Å². The Morgan fingerprint density at radius 2 is 1.88 bits per heavy atom. The Bertz CT molecular complexity index is 1250. The fraction of sp³-hybridized carbons (Fsp3) is 0.238. The van der Waals surface area contributed by atoms with E-state index in [0.29, 0.717) is 6.07 Å². The summed E-state index contributed by atoms with van der Waals surface area (Å²) in [5.41, 5.74) is -3.05. The van der Waals surface area contributed by atoms with Crippen molar-refractivity contribution in [3.05, 3.63) is 58.4 Å². The van der Waals surface area contributed by atoms with Crippen molar-refractivity contribution < 1.29 is 27.2 Å². The fourth-order valence-electron chi connectivity index (χ4n) is 3.91. The Balaban J connectivity index is 1.87. The van der Waals surface area contributed by atoms with Gasteiger partial charge in [0.25, 0.3) is 11.8 Å². The molecule has 2 aromatic rings. The Hall–Kier alpha value is -3.52. The van der Waals surface area contributed by atoms with E-state index in [4.69, 9.17) is 17.5 Å². The van der Waals surface area contributed by atoms with Crippen LogP contribution in [0.1, 0.15) is 40.9 Å². The number of hydrogen-bond donors (Lipinski definition) is 1. The molecule has 2 aromatic carbocycles. The minimum absolute atomic E-state index is 0.0193. The first-order valence-corrected chi connectivity index (χ1v) is 9.70. The van der Waals surface area contributed by atoms with Gasteiger partial charge in [0.05, 0.1) is 34.1 Å². The van der Waals surface area contributed by atoms with Crippen LogP contribution < -0.4 is 15.1 Å². The molecule has 1 N–H and O–H groups in total. The van der Waals surface area contributed by atoms with Gasteiger partial charge in [0.1, 0.15) is 11.4 Å². The lowest BCUT2D eigenvalue weighted by molar-refractivity contribution is -0.137. The number of carbonyl (C=O) groups excluding carboxylic acids is 2. The molecular weight excluding hydrogens is 448 g/mol. The number of carbonyl (C=O) groups is 2. The van der Waals surface area contributed by atoms with Gasteiger partial charge in [0, 0.05) is 12.1 Å². The van der Waals surface area contributed by atoms with E-state index < -0.39 is 40.5 Å². The van der Waals surface area contributed by atoms with E-state index >= 15 is 0 Å². The summed E-state index contributed by atoms with van der Waals surface area (Å²) in [5.74, 6) is -1.79. The van der Waals surface area contributed by atoms with Crippen molar-refractivity contribution in [1.29, 1.82) is 5.26 Å². The van der Waals surface area contributed by atoms with Crippen molar-refractivity contribution in [2.24, 2.45) is 0 Å². The summed E-state index contributed by atoms with van der Waals surface area (Å²) in [6, 6.07) is 6.78. The molecule has 4 rings (SSSR count). The number of amides is 2. The number of nitriles is 1. The molecule has 0 saturated carbocycles. The molecule has 0 unspecified atom stereocenters.